The third kappa shape index (κ3) is 4.97. The number of ether oxygens (including phenoxy) is 1. The molecule has 2 aromatic carbocycles. The molecule has 2 aromatic rings. The normalized spacial score (nSPS) is 11.4. The van der Waals surface area contributed by atoms with Crippen LogP contribution in [-0.2, 0) is 21.2 Å². The lowest BCUT2D eigenvalue weighted by Gasteiger charge is -2.12. The van der Waals surface area contributed by atoms with E-state index in [9.17, 15) is 13.2 Å². The quantitative estimate of drug-likeness (QED) is 0.779. The van der Waals surface area contributed by atoms with E-state index in [1.54, 1.807) is 18.2 Å². The van der Waals surface area contributed by atoms with Crippen LogP contribution >= 0.6 is 11.6 Å². The average molecular weight is 397 g/mol. The third-order valence-electron chi connectivity index (χ3n) is 3.68. The Labute approximate surface area is 158 Å². The number of carbonyl (C=O) groups is 1. The summed E-state index contributed by atoms with van der Waals surface area (Å²) in [7, 11) is -0.571. The van der Waals surface area contributed by atoms with Gasteiger partial charge in [0, 0.05) is 24.8 Å². The van der Waals surface area contributed by atoms with E-state index < -0.39 is 10.0 Å². The van der Waals surface area contributed by atoms with Crippen LogP contribution in [0.5, 0.6) is 5.75 Å². The second-order valence-corrected chi connectivity index (χ2v) is 8.31. The largest absolute Gasteiger partial charge is 0.484 e. The molecule has 0 heterocycles. The maximum atomic E-state index is 12.0. The Morgan fingerprint density at radius 3 is 2.38 bits per heavy atom. The van der Waals surface area contributed by atoms with Crippen molar-refractivity contribution in [2.24, 2.45) is 0 Å². The topological polar surface area (TPSA) is 75.7 Å². The summed E-state index contributed by atoms with van der Waals surface area (Å²) < 4.78 is 30.6. The van der Waals surface area contributed by atoms with Crippen LogP contribution in [0.25, 0.3) is 0 Å². The summed E-state index contributed by atoms with van der Waals surface area (Å²) in [6, 6.07) is 11.2. The highest BCUT2D eigenvalue weighted by Gasteiger charge is 2.16. The fourth-order valence-electron chi connectivity index (χ4n) is 2.18. The Hall–Kier alpha value is -2.09. The van der Waals surface area contributed by atoms with Crippen molar-refractivity contribution in [3.05, 3.63) is 53.1 Å². The fourth-order valence-corrected chi connectivity index (χ4v) is 3.33. The third-order valence-corrected chi connectivity index (χ3v) is 5.88. The average Bonchev–Trinajstić information content (AvgIpc) is 2.61. The van der Waals surface area contributed by atoms with Gasteiger partial charge in [-0.15, -0.1) is 0 Å². The van der Waals surface area contributed by atoms with Crippen LogP contribution in [0, 0.1) is 0 Å². The molecule has 0 bridgehead atoms. The van der Waals surface area contributed by atoms with E-state index in [1.165, 1.54) is 38.4 Å². The molecular formula is C18H21ClN2O4S. The Kier molecular flexibility index (Phi) is 6.63. The first-order chi connectivity index (χ1) is 12.2. The number of hydrogen-bond acceptors (Lipinski definition) is 4. The zero-order valence-corrected chi connectivity index (χ0v) is 16.4. The van der Waals surface area contributed by atoms with Crippen molar-refractivity contribution < 1.29 is 17.9 Å². The number of nitrogens with zero attached hydrogens (tertiary/aromatic N) is 1. The Bertz CT molecular complexity index is 881. The van der Waals surface area contributed by atoms with Gasteiger partial charge in [-0.1, -0.05) is 18.5 Å². The minimum absolute atomic E-state index is 0.157. The van der Waals surface area contributed by atoms with Crippen LogP contribution in [0.1, 0.15) is 12.5 Å². The molecule has 0 atom stereocenters. The molecule has 0 saturated heterocycles. The molecule has 6 nitrogen and oxygen atoms in total. The zero-order chi connectivity index (χ0) is 19.3. The van der Waals surface area contributed by atoms with Gasteiger partial charge in [0.2, 0.25) is 10.0 Å². The molecule has 0 aliphatic carbocycles. The van der Waals surface area contributed by atoms with Crippen LogP contribution in [0.4, 0.5) is 5.69 Å². The number of aryl methyl sites for hydroxylation is 1. The van der Waals surface area contributed by atoms with Crippen LogP contribution < -0.4 is 10.1 Å². The monoisotopic (exact) mass is 396 g/mol. The van der Waals surface area contributed by atoms with Crippen LogP contribution in [0.2, 0.25) is 5.02 Å². The number of carbonyl (C=O) groups excluding carboxylic acids is 1. The molecule has 1 N–H and O–H groups in total. The van der Waals surface area contributed by atoms with Crippen molar-refractivity contribution >= 4 is 33.2 Å². The van der Waals surface area contributed by atoms with Gasteiger partial charge >= 0.3 is 0 Å². The molecule has 0 radical (unpaired) electrons. The highest BCUT2D eigenvalue weighted by molar-refractivity contribution is 7.89. The summed E-state index contributed by atoms with van der Waals surface area (Å²) in [6.07, 6.45) is 0.768. The number of benzene rings is 2. The molecular weight excluding hydrogens is 376 g/mol. The minimum Gasteiger partial charge on any atom is -0.484 e. The minimum atomic E-state index is -3.49. The first-order valence-corrected chi connectivity index (χ1v) is 9.79. The van der Waals surface area contributed by atoms with Crippen LogP contribution in [0.3, 0.4) is 0 Å². The van der Waals surface area contributed by atoms with Crippen molar-refractivity contribution in [1.82, 2.24) is 4.31 Å². The van der Waals surface area contributed by atoms with Gasteiger partial charge in [-0.25, -0.2) is 12.7 Å². The molecule has 0 saturated carbocycles. The molecule has 0 aliphatic rings. The summed E-state index contributed by atoms with van der Waals surface area (Å²) in [5.74, 6) is 0.218. The van der Waals surface area contributed by atoms with E-state index in [4.69, 9.17) is 16.3 Å². The number of anilines is 1. The lowest BCUT2D eigenvalue weighted by atomic mass is 10.1. The number of nitrogens with one attached hydrogen (secondary N) is 1. The van der Waals surface area contributed by atoms with Crippen molar-refractivity contribution in [3.8, 4) is 5.75 Å². The summed E-state index contributed by atoms with van der Waals surface area (Å²) in [5, 5.41) is 3.33. The van der Waals surface area contributed by atoms with Gasteiger partial charge in [-0.05, 0) is 54.4 Å². The molecule has 0 aliphatic heterocycles. The van der Waals surface area contributed by atoms with Gasteiger partial charge in [-0.2, -0.15) is 0 Å². The van der Waals surface area contributed by atoms with E-state index in [0.717, 1.165) is 16.3 Å². The maximum absolute atomic E-state index is 12.0. The lowest BCUT2D eigenvalue weighted by molar-refractivity contribution is -0.118. The van der Waals surface area contributed by atoms with Gasteiger partial charge in [0.1, 0.15) is 5.75 Å². The summed E-state index contributed by atoms with van der Waals surface area (Å²) >= 11 is 6.05. The van der Waals surface area contributed by atoms with Crippen LogP contribution in [-0.4, -0.2) is 39.3 Å². The SMILES string of the molecule is CCc1cc(OCC(=O)Nc2ccc(S(=O)(=O)N(C)C)cc2)ccc1Cl. The second kappa shape index (κ2) is 8.53. The van der Waals surface area contributed by atoms with Crippen molar-refractivity contribution in [3.63, 3.8) is 0 Å². The van der Waals surface area contributed by atoms with Gasteiger partial charge in [0.25, 0.3) is 5.91 Å². The summed E-state index contributed by atoms with van der Waals surface area (Å²) in [5.41, 5.74) is 1.43. The molecule has 0 fully saturated rings. The maximum Gasteiger partial charge on any atom is 0.262 e. The first-order valence-electron chi connectivity index (χ1n) is 7.97. The number of amides is 1. The molecule has 0 unspecified atom stereocenters. The molecule has 140 valence electrons. The molecule has 8 heteroatoms. The number of hydrogen-bond donors (Lipinski definition) is 1. The van der Waals surface area contributed by atoms with Crippen LogP contribution in [0.15, 0.2) is 47.4 Å². The molecule has 26 heavy (non-hydrogen) atoms. The molecule has 1 amide bonds. The second-order valence-electron chi connectivity index (χ2n) is 5.76. The highest BCUT2D eigenvalue weighted by Crippen LogP contribution is 2.22. The summed E-state index contributed by atoms with van der Waals surface area (Å²) in [6.45, 7) is 1.82. The lowest BCUT2D eigenvalue weighted by Crippen LogP contribution is -2.22. The predicted molar refractivity (Wildman–Crippen MR) is 102 cm³/mol. The zero-order valence-electron chi connectivity index (χ0n) is 14.8. The van der Waals surface area contributed by atoms with E-state index in [2.05, 4.69) is 5.32 Å². The molecule has 2 rings (SSSR count). The van der Waals surface area contributed by atoms with Gasteiger partial charge < -0.3 is 10.1 Å². The number of rotatable bonds is 7. The summed E-state index contributed by atoms with van der Waals surface area (Å²) in [4.78, 5) is 12.2. The molecule has 0 aromatic heterocycles. The predicted octanol–water partition coefficient (Wildman–Crippen LogP) is 3.17. The molecule has 0 spiro atoms. The van der Waals surface area contributed by atoms with E-state index in [-0.39, 0.29) is 17.4 Å². The Balaban J connectivity index is 1.96. The Morgan fingerprint density at radius 1 is 1.15 bits per heavy atom. The van der Waals surface area contributed by atoms with Crippen molar-refractivity contribution in [2.75, 3.05) is 26.0 Å². The smallest absolute Gasteiger partial charge is 0.262 e. The fraction of sp³-hybridized carbons (Fsp3) is 0.278. The van der Waals surface area contributed by atoms with E-state index in [0.29, 0.717) is 16.5 Å². The van der Waals surface area contributed by atoms with E-state index >= 15 is 0 Å². The van der Waals surface area contributed by atoms with E-state index in [1.807, 2.05) is 6.92 Å². The van der Waals surface area contributed by atoms with Gasteiger partial charge in [0.05, 0.1) is 4.90 Å². The first kappa shape index (κ1) is 20.2. The Morgan fingerprint density at radius 2 is 1.81 bits per heavy atom. The van der Waals surface area contributed by atoms with Gasteiger partial charge in [0.15, 0.2) is 6.61 Å². The standard InChI is InChI=1S/C18H21ClN2O4S/c1-4-13-11-15(7-10-17(13)19)25-12-18(22)20-14-5-8-16(9-6-14)26(23,24)21(2)3/h5-11H,4,12H2,1-3H3,(H,20,22). The highest BCUT2D eigenvalue weighted by atomic mass is 35.5. The van der Waals surface area contributed by atoms with Crippen molar-refractivity contribution in [1.29, 1.82) is 0 Å². The van der Waals surface area contributed by atoms with Crippen molar-refractivity contribution in [2.45, 2.75) is 18.2 Å². The van der Waals surface area contributed by atoms with Gasteiger partial charge in [-0.3, -0.25) is 4.79 Å². The number of sulfonamides is 1. The number of halogens is 1.